The number of aliphatic carboxylic acids is 1. The van der Waals surface area contributed by atoms with Crippen molar-refractivity contribution in [2.75, 3.05) is 0 Å². The molecule has 0 fully saturated rings. The molecule has 0 saturated carbocycles. The summed E-state index contributed by atoms with van der Waals surface area (Å²) >= 11 is 0. The van der Waals surface area contributed by atoms with E-state index in [1.807, 2.05) is 5.32 Å². The van der Waals surface area contributed by atoms with Crippen LogP contribution in [0.4, 0.5) is 17.6 Å². The molecule has 0 spiro atoms. The van der Waals surface area contributed by atoms with Crippen LogP contribution >= 0.6 is 0 Å². The maximum atomic E-state index is 13.6. The highest BCUT2D eigenvalue weighted by atomic mass is 19.1. The third-order valence-electron chi connectivity index (χ3n) is 3.17. The largest absolute Gasteiger partial charge is 0.480 e. The van der Waals surface area contributed by atoms with Gasteiger partial charge in [-0.2, -0.15) is 0 Å². The van der Waals surface area contributed by atoms with Gasteiger partial charge in [-0.05, 0) is 17.7 Å². The van der Waals surface area contributed by atoms with Crippen LogP contribution in [-0.2, 0) is 11.2 Å². The summed E-state index contributed by atoms with van der Waals surface area (Å²) in [5.74, 6) is -7.56. The second kappa shape index (κ2) is 7.12. The van der Waals surface area contributed by atoms with Gasteiger partial charge in [0, 0.05) is 18.6 Å². The molecule has 0 aliphatic heterocycles. The molecule has 2 N–H and O–H groups in total. The van der Waals surface area contributed by atoms with Crippen molar-refractivity contribution in [3.05, 3.63) is 70.8 Å². The van der Waals surface area contributed by atoms with E-state index in [1.165, 1.54) is 12.1 Å². The summed E-state index contributed by atoms with van der Waals surface area (Å²) in [4.78, 5) is 23.1. The van der Waals surface area contributed by atoms with Crippen molar-refractivity contribution >= 4 is 11.9 Å². The Labute approximate surface area is 133 Å². The molecular weight excluding hydrogens is 330 g/mol. The quantitative estimate of drug-likeness (QED) is 0.822. The van der Waals surface area contributed by atoms with Crippen molar-refractivity contribution in [1.82, 2.24) is 5.32 Å². The summed E-state index contributed by atoms with van der Waals surface area (Å²) in [5, 5.41) is 11.1. The average Bonchev–Trinajstić information content (AvgIpc) is 2.45. The second-order valence-corrected chi connectivity index (χ2v) is 4.94. The third kappa shape index (κ3) is 4.09. The number of hydrogen-bond donors (Lipinski definition) is 2. The first-order valence-electron chi connectivity index (χ1n) is 6.70. The van der Waals surface area contributed by atoms with Crippen molar-refractivity contribution in [2.45, 2.75) is 12.5 Å². The molecule has 2 aromatic carbocycles. The molecule has 0 bridgehead atoms. The number of carboxylic acids is 1. The van der Waals surface area contributed by atoms with Gasteiger partial charge in [0.1, 0.15) is 34.9 Å². The van der Waals surface area contributed by atoms with Crippen molar-refractivity contribution in [2.24, 2.45) is 0 Å². The van der Waals surface area contributed by atoms with E-state index in [2.05, 4.69) is 0 Å². The van der Waals surface area contributed by atoms with Gasteiger partial charge in [0.25, 0.3) is 5.91 Å². The van der Waals surface area contributed by atoms with E-state index in [0.29, 0.717) is 12.1 Å². The number of nitrogens with one attached hydrogen (secondary N) is 1. The van der Waals surface area contributed by atoms with E-state index in [-0.39, 0.29) is 12.0 Å². The van der Waals surface area contributed by atoms with Gasteiger partial charge in [0.2, 0.25) is 0 Å². The summed E-state index contributed by atoms with van der Waals surface area (Å²) in [6, 6.07) is 4.07. The second-order valence-electron chi connectivity index (χ2n) is 4.94. The number of rotatable bonds is 5. The van der Waals surface area contributed by atoms with Gasteiger partial charge in [-0.25, -0.2) is 22.4 Å². The van der Waals surface area contributed by atoms with Gasteiger partial charge < -0.3 is 10.4 Å². The standard InChI is InChI=1S/C16H11F4NO3/c17-9-3-1-2-8(4-9)5-13(16(23)24)21-15(22)14-11(19)6-10(18)7-12(14)20/h1-4,6-7,13H,5H2,(H,21,22)(H,23,24)/t13-/m0/s1. The number of hydrogen-bond acceptors (Lipinski definition) is 2. The predicted molar refractivity (Wildman–Crippen MR) is 75.3 cm³/mol. The van der Waals surface area contributed by atoms with Crippen LogP contribution in [0.2, 0.25) is 0 Å². The van der Waals surface area contributed by atoms with Crippen LogP contribution in [0.25, 0.3) is 0 Å². The molecule has 1 amide bonds. The Hall–Kier alpha value is -2.90. The van der Waals surface area contributed by atoms with Crippen LogP contribution in [0.5, 0.6) is 0 Å². The highest BCUT2D eigenvalue weighted by Gasteiger charge is 2.25. The summed E-state index contributed by atoms with van der Waals surface area (Å²) in [5.41, 5.74) is -0.829. The lowest BCUT2D eigenvalue weighted by molar-refractivity contribution is -0.139. The zero-order chi connectivity index (χ0) is 17.9. The fourth-order valence-electron chi connectivity index (χ4n) is 2.09. The third-order valence-corrected chi connectivity index (χ3v) is 3.17. The minimum absolute atomic E-state index is 0.266. The van der Waals surface area contributed by atoms with Gasteiger partial charge in [0.05, 0.1) is 0 Å². The van der Waals surface area contributed by atoms with Crippen LogP contribution in [0, 0.1) is 23.3 Å². The first-order chi connectivity index (χ1) is 11.3. The number of carbonyl (C=O) groups excluding carboxylic acids is 1. The summed E-state index contributed by atoms with van der Waals surface area (Å²) < 4.78 is 53.1. The number of benzene rings is 2. The van der Waals surface area contributed by atoms with E-state index in [9.17, 15) is 27.2 Å². The summed E-state index contributed by atoms with van der Waals surface area (Å²) in [6.07, 6.45) is -0.302. The SMILES string of the molecule is O=C(N[C@@H](Cc1cccc(F)c1)C(=O)O)c1c(F)cc(F)cc1F. The lowest BCUT2D eigenvalue weighted by atomic mass is 10.0. The summed E-state index contributed by atoms with van der Waals surface area (Å²) in [6.45, 7) is 0. The van der Waals surface area contributed by atoms with Crippen molar-refractivity contribution in [3.8, 4) is 0 Å². The molecular formula is C16H11F4NO3. The van der Waals surface area contributed by atoms with E-state index in [4.69, 9.17) is 5.11 Å². The van der Waals surface area contributed by atoms with E-state index in [0.717, 1.165) is 12.1 Å². The molecule has 2 aromatic rings. The first-order valence-corrected chi connectivity index (χ1v) is 6.70. The lowest BCUT2D eigenvalue weighted by Gasteiger charge is -2.15. The first kappa shape index (κ1) is 17.5. The highest BCUT2D eigenvalue weighted by molar-refractivity contribution is 5.97. The fourth-order valence-corrected chi connectivity index (χ4v) is 2.09. The minimum atomic E-state index is -1.55. The van der Waals surface area contributed by atoms with E-state index < -0.39 is 46.8 Å². The maximum absolute atomic E-state index is 13.6. The molecule has 0 heterocycles. The Balaban J connectivity index is 2.22. The van der Waals surface area contributed by atoms with Crippen LogP contribution in [0.3, 0.4) is 0 Å². The van der Waals surface area contributed by atoms with Crippen molar-refractivity contribution in [1.29, 1.82) is 0 Å². The maximum Gasteiger partial charge on any atom is 0.326 e. The van der Waals surface area contributed by atoms with Gasteiger partial charge in [-0.3, -0.25) is 4.79 Å². The number of amides is 1. The lowest BCUT2D eigenvalue weighted by Crippen LogP contribution is -2.43. The highest BCUT2D eigenvalue weighted by Crippen LogP contribution is 2.15. The Morgan fingerprint density at radius 3 is 2.17 bits per heavy atom. The van der Waals surface area contributed by atoms with Crippen LogP contribution in [0.1, 0.15) is 15.9 Å². The molecule has 24 heavy (non-hydrogen) atoms. The molecule has 0 aliphatic rings. The van der Waals surface area contributed by atoms with Gasteiger partial charge in [0.15, 0.2) is 0 Å². The molecule has 0 aromatic heterocycles. The number of halogens is 4. The zero-order valence-electron chi connectivity index (χ0n) is 12.0. The van der Waals surface area contributed by atoms with Crippen LogP contribution in [-0.4, -0.2) is 23.0 Å². The molecule has 8 heteroatoms. The van der Waals surface area contributed by atoms with E-state index >= 15 is 0 Å². The van der Waals surface area contributed by atoms with Gasteiger partial charge >= 0.3 is 5.97 Å². The Bertz CT molecular complexity index is 772. The minimum Gasteiger partial charge on any atom is -0.480 e. The summed E-state index contributed by atoms with van der Waals surface area (Å²) in [7, 11) is 0. The smallest absolute Gasteiger partial charge is 0.326 e. The van der Waals surface area contributed by atoms with Gasteiger partial charge in [-0.1, -0.05) is 12.1 Å². The monoisotopic (exact) mass is 341 g/mol. The Morgan fingerprint density at radius 2 is 1.62 bits per heavy atom. The molecule has 0 saturated heterocycles. The Morgan fingerprint density at radius 1 is 1.00 bits per heavy atom. The van der Waals surface area contributed by atoms with Gasteiger partial charge in [-0.15, -0.1) is 0 Å². The molecule has 0 unspecified atom stereocenters. The fraction of sp³-hybridized carbons (Fsp3) is 0.125. The average molecular weight is 341 g/mol. The molecule has 1 atom stereocenters. The predicted octanol–water partition coefficient (Wildman–Crippen LogP) is 2.67. The topological polar surface area (TPSA) is 66.4 Å². The normalized spacial score (nSPS) is 11.8. The Kier molecular flexibility index (Phi) is 5.18. The molecule has 0 aliphatic carbocycles. The zero-order valence-corrected chi connectivity index (χ0v) is 12.0. The molecule has 4 nitrogen and oxygen atoms in total. The molecule has 0 radical (unpaired) electrons. The van der Waals surface area contributed by atoms with Crippen molar-refractivity contribution < 1.29 is 32.3 Å². The molecule has 2 rings (SSSR count). The van der Waals surface area contributed by atoms with E-state index in [1.54, 1.807) is 0 Å². The molecule has 126 valence electrons. The van der Waals surface area contributed by atoms with Crippen molar-refractivity contribution in [3.63, 3.8) is 0 Å². The number of carbonyl (C=O) groups is 2. The number of carboxylic acid groups (broad SMARTS) is 1. The van der Waals surface area contributed by atoms with Crippen LogP contribution in [0.15, 0.2) is 36.4 Å². The van der Waals surface area contributed by atoms with Crippen LogP contribution < -0.4 is 5.32 Å².